The molecule has 0 spiro atoms. The Hall–Kier alpha value is -2.17. The average molecular weight is 202 g/mol. The van der Waals surface area contributed by atoms with Gasteiger partial charge in [0.15, 0.2) is 0 Å². The van der Waals surface area contributed by atoms with E-state index in [2.05, 4.69) is 15.0 Å². The van der Waals surface area contributed by atoms with Crippen molar-refractivity contribution in [2.75, 3.05) is 5.73 Å². The molecule has 15 heavy (non-hydrogen) atoms. The summed E-state index contributed by atoms with van der Waals surface area (Å²) in [5, 5.41) is 0. The summed E-state index contributed by atoms with van der Waals surface area (Å²) in [6, 6.07) is 7.60. The van der Waals surface area contributed by atoms with E-state index >= 15 is 0 Å². The minimum atomic E-state index is -0.485. The summed E-state index contributed by atoms with van der Waals surface area (Å²) in [6.45, 7) is 1.94. The molecule has 0 aliphatic rings. The van der Waals surface area contributed by atoms with Gasteiger partial charge in [-0.1, -0.05) is 24.3 Å². The zero-order chi connectivity index (χ0) is 10.8. The van der Waals surface area contributed by atoms with E-state index in [0.29, 0.717) is 5.82 Å². The van der Waals surface area contributed by atoms with E-state index in [1.165, 1.54) is 0 Å². The lowest BCUT2D eigenvalue weighted by molar-refractivity contribution is 1.01. The quantitative estimate of drug-likeness (QED) is 0.713. The normalized spacial score (nSPS) is 10.2. The molecule has 0 unspecified atom stereocenters. The fraction of sp³-hybridized carbons (Fsp3) is 0.100. The maximum Gasteiger partial charge on any atom is 0.349 e. The summed E-state index contributed by atoms with van der Waals surface area (Å²) >= 11 is 0. The summed E-state index contributed by atoms with van der Waals surface area (Å²) in [4.78, 5) is 21.1. The number of anilines is 1. The summed E-state index contributed by atoms with van der Waals surface area (Å²) < 4.78 is 0. The Morgan fingerprint density at radius 1 is 1.27 bits per heavy atom. The van der Waals surface area contributed by atoms with Gasteiger partial charge in [0.05, 0.1) is 0 Å². The molecule has 5 heteroatoms. The van der Waals surface area contributed by atoms with Crippen LogP contribution in [-0.4, -0.2) is 15.0 Å². The highest BCUT2D eigenvalue weighted by Gasteiger charge is 2.04. The summed E-state index contributed by atoms with van der Waals surface area (Å²) in [6.07, 6.45) is 0. The number of nitrogens with two attached hydrogens (primary N) is 1. The molecule has 76 valence electrons. The Balaban J connectivity index is 2.64. The van der Waals surface area contributed by atoms with Gasteiger partial charge in [-0.2, -0.15) is 9.97 Å². The fourth-order valence-corrected chi connectivity index (χ4v) is 1.37. The third-order valence-electron chi connectivity index (χ3n) is 2.07. The van der Waals surface area contributed by atoms with Crippen LogP contribution in [0.2, 0.25) is 0 Å². The Labute approximate surface area is 86.0 Å². The van der Waals surface area contributed by atoms with Crippen LogP contribution in [0, 0.1) is 6.92 Å². The van der Waals surface area contributed by atoms with Gasteiger partial charge in [0.2, 0.25) is 5.95 Å². The first-order valence-electron chi connectivity index (χ1n) is 4.46. The van der Waals surface area contributed by atoms with Crippen molar-refractivity contribution in [2.45, 2.75) is 6.92 Å². The predicted molar refractivity (Wildman–Crippen MR) is 57.2 cm³/mol. The molecule has 2 rings (SSSR count). The van der Waals surface area contributed by atoms with E-state index in [0.717, 1.165) is 11.1 Å². The van der Waals surface area contributed by atoms with Crippen molar-refractivity contribution in [1.29, 1.82) is 0 Å². The molecule has 0 saturated heterocycles. The Kier molecular flexibility index (Phi) is 2.21. The van der Waals surface area contributed by atoms with Gasteiger partial charge in [-0.05, 0) is 12.5 Å². The lowest BCUT2D eigenvalue weighted by Gasteiger charge is -2.03. The number of aromatic amines is 1. The number of nitrogens with one attached hydrogen (secondary N) is 1. The predicted octanol–water partition coefficient (Wildman–Crippen LogP) is 0.723. The van der Waals surface area contributed by atoms with Crippen LogP contribution in [0.5, 0.6) is 0 Å². The number of hydrogen-bond acceptors (Lipinski definition) is 4. The number of rotatable bonds is 1. The monoisotopic (exact) mass is 202 g/mol. The zero-order valence-electron chi connectivity index (χ0n) is 8.19. The van der Waals surface area contributed by atoms with Gasteiger partial charge in [0.1, 0.15) is 5.82 Å². The minimum Gasteiger partial charge on any atom is -0.368 e. The number of aryl methyl sites for hydroxylation is 1. The molecule has 0 atom stereocenters. The van der Waals surface area contributed by atoms with E-state index in [1.807, 2.05) is 31.2 Å². The SMILES string of the molecule is Cc1ccccc1-c1nc(N)nc(=O)[nH]1. The first-order chi connectivity index (χ1) is 7.16. The molecule has 3 N–H and O–H groups in total. The number of aromatic nitrogens is 3. The maximum atomic E-state index is 11.1. The molecule has 0 aliphatic heterocycles. The molecular formula is C10H10N4O. The van der Waals surface area contributed by atoms with Crippen LogP contribution in [0.4, 0.5) is 5.95 Å². The van der Waals surface area contributed by atoms with Crippen LogP contribution >= 0.6 is 0 Å². The van der Waals surface area contributed by atoms with Crippen molar-refractivity contribution in [3.8, 4) is 11.4 Å². The molecule has 0 bridgehead atoms. The van der Waals surface area contributed by atoms with E-state index in [4.69, 9.17) is 5.73 Å². The maximum absolute atomic E-state index is 11.1. The number of hydrogen-bond donors (Lipinski definition) is 2. The first kappa shape index (κ1) is 9.39. The van der Waals surface area contributed by atoms with Crippen molar-refractivity contribution in [3.05, 3.63) is 40.3 Å². The highest BCUT2D eigenvalue weighted by Crippen LogP contribution is 2.17. The lowest BCUT2D eigenvalue weighted by atomic mass is 10.1. The van der Waals surface area contributed by atoms with Crippen LogP contribution in [0.3, 0.4) is 0 Å². The second-order valence-electron chi connectivity index (χ2n) is 3.18. The van der Waals surface area contributed by atoms with Gasteiger partial charge in [0, 0.05) is 5.56 Å². The van der Waals surface area contributed by atoms with Gasteiger partial charge in [0.25, 0.3) is 0 Å². The molecule has 1 aromatic carbocycles. The molecule has 0 amide bonds. The van der Waals surface area contributed by atoms with Crippen molar-refractivity contribution in [2.24, 2.45) is 0 Å². The molecule has 0 fully saturated rings. The Morgan fingerprint density at radius 3 is 2.67 bits per heavy atom. The molecule has 0 radical (unpaired) electrons. The highest BCUT2D eigenvalue weighted by molar-refractivity contribution is 5.59. The summed E-state index contributed by atoms with van der Waals surface area (Å²) in [5.41, 5.74) is 6.79. The molecule has 0 saturated carbocycles. The second kappa shape index (κ2) is 3.53. The number of nitrogen functional groups attached to an aromatic ring is 1. The standard InChI is InChI=1S/C10H10N4O/c1-6-4-2-3-5-7(6)8-12-9(11)14-10(15)13-8/h2-5H,1H3,(H3,11,12,13,14,15). The Bertz CT molecular complexity index is 547. The van der Waals surface area contributed by atoms with Crippen molar-refractivity contribution >= 4 is 5.95 Å². The molecule has 2 aromatic rings. The third kappa shape index (κ3) is 1.85. The van der Waals surface area contributed by atoms with Gasteiger partial charge < -0.3 is 5.73 Å². The van der Waals surface area contributed by atoms with E-state index in [-0.39, 0.29) is 5.95 Å². The van der Waals surface area contributed by atoms with Crippen LogP contribution in [0.15, 0.2) is 29.1 Å². The van der Waals surface area contributed by atoms with Gasteiger partial charge in [-0.3, -0.25) is 4.98 Å². The van der Waals surface area contributed by atoms with Crippen LogP contribution in [-0.2, 0) is 0 Å². The summed E-state index contributed by atoms with van der Waals surface area (Å²) in [7, 11) is 0. The van der Waals surface area contributed by atoms with E-state index in [1.54, 1.807) is 0 Å². The van der Waals surface area contributed by atoms with Gasteiger partial charge in [-0.25, -0.2) is 4.79 Å². The van der Waals surface area contributed by atoms with Crippen LogP contribution in [0.25, 0.3) is 11.4 Å². The topological polar surface area (TPSA) is 84.7 Å². The van der Waals surface area contributed by atoms with Crippen molar-refractivity contribution in [3.63, 3.8) is 0 Å². The van der Waals surface area contributed by atoms with Crippen LogP contribution in [0.1, 0.15) is 5.56 Å². The molecule has 5 nitrogen and oxygen atoms in total. The summed E-state index contributed by atoms with van der Waals surface area (Å²) in [5.74, 6) is 0.433. The largest absolute Gasteiger partial charge is 0.368 e. The Morgan fingerprint density at radius 2 is 2.00 bits per heavy atom. The molecule has 1 heterocycles. The second-order valence-corrected chi connectivity index (χ2v) is 3.18. The number of benzene rings is 1. The van der Waals surface area contributed by atoms with E-state index < -0.39 is 5.69 Å². The first-order valence-corrected chi connectivity index (χ1v) is 4.46. The third-order valence-corrected chi connectivity index (χ3v) is 2.07. The van der Waals surface area contributed by atoms with E-state index in [9.17, 15) is 4.79 Å². The molecule has 1 aromatic heterocycles. The molecular weight excluding hydrogens is 192 g/mol. The number of H-pyrrole nitrogens is 1. The van der Waals surface area contributed by atoms with Crippen molar-refractivity contribution < 1.29 is 0 Å². The number of nitrogens with zero attached hydrogens (tertiary/aromatic N) is 2. The zero-order valence-corrected chi connectivity index (χ0v) is 8.19. The van der Waals surface area contributed by atoms with Gasteiger partial charge in [-0.15, -0.1) is 0 Å². The fourth-order valence-electron chi connectivity index (χ4n) is 1.37. The lowest BCUT2D eigenvalue weighted by Crippen LogP contribution is -2.15. The minimum absolute atomic E-state index is 0.0167. The highest BCUT2D eigenvalue weighted by atomic mass is 16.1. The van der Waals surface area contributed by atoms with Crippen LogP contribution < -0.4 is 11.4 Å². The van der Waals surface area contributed by atoms with Crippen molar-refractivity contribution in [1.82, 2.24) is 15.0 Å². The smallest absolute Gasteiger partial charge is 0.349 e. The van der Waals surface area contributed by atoms with Gasteiger partial charge >= 0.3 is 5.69 Å². The average Bonchev–Trinajstić information content (AvgIpc) is 2.16. The molecule has 0 aliphatic carbocycles.